The number of carboxylic acid groups (broad SMARTS) is 1. The molecule has 3 atom stereocenters. The molecule has 1 aromatic rings. The molecular weight excluding hydrogens is 254 g/mol. The maximum atomic E-state index is 11.6. The molecule has 0 radical (unpaired) electrons. The summed E-state index contributed by atoms with van der Waals surface area (Å²) >= 11 is 0. The monoisotopic (exact) mass is 277 g/mol. The van der Waals surface area contributed by atoms with Gasteiger partial charge in [-0.3, -0.25) is 9.69 Å². The van der Waals surface area contributed by atoms with Crippen LogP contribution in [-0.2, 0) is 16.1 Å². The molecule has 0 bridgehead atoms. The Morgan fingerprint density at radius 1 is 1.50 bits per heavy atom. The molecule has 3 unspecified atom stereocenters. The molecule has 1 N–H and O–H groups in total. The third-order valence-corrected chi connectivity index (χ3v) is 4.63. The second-order valence-electron chi connectivity index (χ2n) is 5.93. The fourth-order valence-corrected chi connectivity index (χ4v) is 3.13. The first-order valence-corrected chi connectivity index (χ1v) is 6.99. The van der Waals surface area contributed by atoms with Crippen LogP contribution in [0.2, 0.25) is 0 Å². The Balaban J connectivity index is 2.14. The Morgan fingerprint density at radius 3 is 2.70 bits per heavy atom. The van der Waals surface area contributed by atoms with Crippen LogP contribution in [0.15, 0.2) is 30.3 Å². The van der Waals surface area contributed by atoms with Gasteiger partial charge in [-0.15, -0.1) is 0 Å². The van der Waals surface area contributed by atoms with E-state index in [9.17, 15) is 9.90 Å². The van der Waals surface area contributed by atoms with Gasteiger partial charge in [0.1, 0.15) is 0 Å². The topological polar surface area (TPSA) is 49.8 Å². The van der Waals surface area contributed by atoms with Crippen LogP contribution < -0.4 is 0 Å². The summed E-state index contributed by atoms with van der Waals surface area (Å²) in [4.78, 5) is 13.8. The lowest BCUT2D eigenvalue weighted by Crippen LogP contribution is -2.42. The van der Waals surface area contributed by atoms with E-state index in [-0.39, 0.29) is 17.4 Å². The van der Waals surface area contributed by atoms with Gasteiger partial charge in [0.15, 0.2) is 0 Å². The first-order chi connectivity index (χ1) is 9.47. The molecule has 1 aromatic carbocycles. The number of hydrogen-bond donors (Lipinski definition) is 1. The smallest absolute Gasteiger partial charge is 0.308 e. The number of likely N-dealkylation sites (tertiary alicyclic amines) is 1. The number of benzene rings is 1. The predicted octanol–water partition coefficient (Wildman–Crippen LogP) is 2.24. The number of methoxy groups -OCH3 is 1. The zero-order chi connectivity index (χ0) is 14.8. The lowest BCUT2D eigenvalue weighted by molar-refractivity contribution is -0.147. The van der Waals surface area contributed by atoms with E-state index in [1.807, 2.05) is 32.0 Å². The van der Waals surface area contributed by atoms with Crippen LogP contribution in [-0.4, -0.2) is 42.3 Å². The van der Waals surface area contributed by atoms with Gasteiger partial charge in [-0.05, 0) is 12.5 Å². The third kappa shape index (κ3) is 2.86. The maximum Gasteiger partial charge on any atom is 0.308 e. The summed E-state index contributed by atoms with van der Waals surface area (Å²) in [5.74, 6) is -1.12. The number of nitrogens with zero attached hydrogens (tertiary/aromatic N) is 1. The minimum Gasteiger partial charge on any atom is -0.481 e. The second kappa shape index (κ2) is 5.94. The van der Waals surface area contributed by atoms with Gasteiger partial charge in [0.2, 0.25) is 0 Å². The number of hydrogen-bond acceptors (Lipinski definition) is 3. The molecule has 0 saturated carbocycles. The second-order valence-corrected chi connectivity index (χ2v) is 5.93. The lowest BCUT2D eigenvalue weighted by Gasteiger charge is -2.33. The molecule has 1 heterocycles. The Hall–Kier alpha value is -1.39. The van der Waals surface area contributed by atoms with Crippen molar-refractivity contribution in [2.45, 2.75) is 26.5 Å². The highest BCUT2D eigenvalue weighted by Gasteiger charge is 2.50. The van der Waals surface area contributed by atoms with Crippen molar-refractivity contribution in [3.63, 3.8) is 0 Å². The number of rotatable bonds is 5. The van der Waals surface area contributed by atoms with Crippen molar-refractivity contribution in [1.82, 2.24) is 4.90 Å². The van der Waals surface area contributed by atoms with Crippen molar-refractivity contribution >= 4 is 5.97 Å². The minimum absolute atomic E-state index is 0.0793. The standard InChI is InChI=1S/C16H23NO3/c1-12(20-3)16(2)11-17(10-14(16)15(18)19)9-13-7-5-4-6-8-13/h4-8,12,14H,9-11H2,1-3H3,(H,18,19). The summed E-state index contributed by atoms with van der Waals surface area (Å²) in [7, 11) is 1.65. The molecule has 2 rings (SSSR count). The van der Waals surface area contributed by atoms with Crippen LogP contribution in [0.5, 0.6) is 0 Å². The Kier molecular flexibility index (Phi) is 4.45. The van der Waals surface area contributed by atoms with Gasteiger partial charge in [0.05, 0.1) is 12.0 Å². The van der Waals surface area contributed by atoms with Crippen molar-refractivity contribution in [2.75, 3.05) is 20.2 Å². The van der Waals surface area contributed by atoms with Crippen molar-refractivity contribution < 1.29 is 14.6 Å². The van der Waals surface area contributed by atoms with Gasteiger partial charge in [-0.1, -0.05) is 37.3 Å². The summed E-state index contributed by atoms with van der Waals surface area (Å²) in [5.41, 5.74) is 0.862. The molecule has 1 aliphatic heterocycles. The SMILES string of the molecule is COC(C)C1(C)CN(Cc2ccccc2)CC1C(=O)O. The Labute approximate surface area is 120 Å². The summed E-state index contributed by atoms with van der Waals surface area (Å²) in [6, 6.07) is 10.2. The predicted molar refractivity (Wildman–Crippen MR) is 77.4 cm³/mol. The largest absolute Gasteiger partial charge is 0.481 e. The highest BCUT2D eigenvalue weighted by Crippen LogP contribution is 2.40. The molecular formula is C16H23NO3. The van der Waals surface area contributed by atoms with Crippen LogP contribution in [0.4, 0.5) is 0 Å². The van der Waals surface area contributed by atoms with E-state index < -0.39 is 5.97 Å². The molecule has 4 heteroatoms. The number of aliphatic carboxylic acids is 1. The van der Waals surface area contributed by atoms with Gasteiger partial charge in [0.25, 0.3) is 0 Å². The van der Waals surface area contributed by atoms with Crippen LogP contribution in [0.1, 0.15) is 19.4 Å². The Bertz CT molecular complexity index is 462. The van der Waals surface area contributed by atoms with Crippen LogP contribution in [0.3, 0.4) is 0 Å². The average molecular weight is 277 g/mol. The first-order valence-electron chi connectivity index (χ1n) is 6.99. The number of carbonyl (C=O) groups is 1. The highest BCUT2D eigenvalue weighted by molar-refractivity contribution is 5.72. The molecule has 0 amide bonds. The van der Waals surface area contributed by atoms with Crippen molar-refractivity contribution in [1.29, 1.82) is 0 Å². The maximum absolute atomic E-state index is 11.6. The Morgan fingerprint density at radius 2 is 2.15 bits per heavy atom. The quantitative estimate of drug-likeness (QED) is 0.897. The molecule has 0 spiro atoms. The molecule has 4 nitrogen and oxygen atoms in total. The van der Waals surface area contributed by atoms with Gasteiger partial charge < -0.3 is 9.84 Å². The molecule has 20 heavy (non-hydrogen) atoms. The van der Waals surface area contributed by atoms with Crippen LogP contribution in [0.25, 0.3) is 0 Å². The first kappa shape index (κ1) is 15.0. The van der Waals surface area contributed by atoms with E-state index in [1.54, 1.807) is 7.11 Å². The van der Waals surface area contributed by atoms with Gasteiger partial charge in [0, 0.05) is 32.2 Å². The van der Waals surface area contributed by atoms with E-state index >= 15 is 0 Å². The fourth-order valence-electron chi connectivity index (χ4n) is 3.13. The lowest BCUT2D eigenvalue weighted by atomic mass is 9.75. The average Bonchev–Trinajstić information content (AvgIpc) is 2.77. The molecule has 1 aliphatic rings. The van der Waals surface area contributed by atoms with E-state index in [0.29, 0.717) is 6.54 Å². The normalized spacial score (nSPS) is 28.4. The highest BCUT2D eigenvalue weighted by atomic mass is 16.5. The molecule has 1 saturated heterocycles. The molecule has 1 fully saturated rings. The van der Waals surface area contributed by atoms with Crippen LogP contribution >= 0.6 is 0 Å². The van der Waals surface area contributed by atoms with Crippen molar-refractivity contribution in [3.05, 3.63) is 35.9 Å². The summed E-state index contributed by atoms with van der Waals surface area (Å²) in [6.45, 7) is 6.09. The summed E-state index contributed by atoms with van der Waals surface area (Å²) < 4.78 is 5.43. The van der Waals surface area contributed by atoms with Crippen molar-refractivity contribution in [2.24, 2.45) is 11.3 Å². The zero-order valence-electron chi connectivity index (χ0n) is 12.4. The van der Waals surface area contributed by atoms with Gasteiger partial charge >= 0.3 is 5.97 Å². The van der Waals surface area contributed by atoms with Crippen molar-refractivity contribution in [3.8, 4) is 0 Å². The third-order valence-electron chi connectivity index (χ3n) is 4.63. The van der Waals surface area contributed by atoms with E-state index in [2.05, 4.69) is 17.0 Å². The molecule has 0 aliphatic carbocycles. The van der Waals surface area contributed by atoms with E-state index in [4.69, 9.17) is 4.74 Å². The molecule has 0 aromatic heterocycles. The number of ether oxygens (including phenoxy) is 1. The van der Waals surface area contributed by atoms with E-state index in [0.717, 1.165) is 13.1 Å². The van der Waals surface area contributed by atoms with Crippen LogP contribution in [0, 0.1) is 11.3 Å². The molecule has 110 valence electrons. The summed E-state index contributed by atoms with van der Waals surface area (Å²) in [5, 5.41) is 9.49. The minimum atomic E-state index is -0.730. The van der Waals surface area contributed by atoms with Gasteiger partial charge in [-0.25, -0.2) is 0 Å². The number of carboxylic acids is 1. The fraction of sp³-hybridized carbons (Fsp3) is 0.562. The zero-order valence-corrected chi connectivity index (χ0v) is 12.4. The van der Waals surface area contributed by atoms with Gasteiger partial charge in [-0.2, -0.15) is 0 Å². The van der Waals surface area contributed by atoms with E-state index in [1.165, 1.54) is 5.56 Å². The summed E-state index contributed by atoms with van der Waals surface area (Å²) in [6.07, 6.45) is -0.0793.